The van der Waals surface area contributed by atoms with E-state index in [9.17, 15) is 9.59 Å². The summed E-state index contributed by atoms with van der Waals surface area (Å²) in [5, 5.41) is 4.78. The number of aromatic nitrogens is 1. The number of thiazole rings is 1. The number of ether oxygens (including phenoxy) is 2. The largest absolute Gasteiger partial charge is 0.483 e. The van der Waals surface area contributed by atoms with Crippen LogP contribution in [0.15, 0.2) is 23.6 Å². The fourth-order valence-electron chi connectivity index (χ4n) is 1.83. The van der Waals surface area contributed by atoms with Crippen LogP contribution in [0, 0.1) is 13.8 Å². The molecule has 7 heteroatoms. The van der Waals surface area contributed by atoms with Crippen molar-refractivity contribution in [3.63, 3.8) is 0 Å². The molecule has 0 atom stereocenters. The Hall–Kier alpha value is -2.41. The predicted octanol–water partition coefficient (Wildman–Crippen LogP) is 2.49. The van der Waals surface area contributed by atoms with Crippen molar-refractivity contribution in [2.24, 2.45) is 0 Å². The van der Waals surface area contributed by atoms with Crippen molar-refractivity contribution in [2.45, 2.75) is 20.3 Å². The van der Waals surface area contributed by atoms with Gasteiger partial charge >= 0.3 is 5.97 Å². The number of hydrogen-bond donors (Lipinski definition) is 1. The number of aryl methyl sites for hydroxylation is 2. The Morgan fingerprint density at radius 3 is 2.83 bits per heavy atom. The lowest BCUT2D eigenvalue weighted by Crippen LogP contribution is -2.20. The van der Waals surface area contributed by atoms with Crippen molar-refractivity contribution in [3.05, 3.63) is 40.4 Å². The molecule has 2 rings (SSSR count). The molecule has 1 heterocycles. The van der Waals surface area contributed by atoms with Gasteiger partial charge < -0.3 is 9.47 Å². The number of amides is 1. The molecule has 0 radical (unpaired) electrons. The average molecular weight is 334 g/mol. The van der Waals surface area contributed by atoms with Gasteiger partial charge in [0.2, 0.25) is 0 Å². The van der Waals surface area contributed by atoms with E-state index in [1.807, 2.05) is 32.0 Å². The Balaban J connectivity index is 1.87. The van der Waals surface area contributed by atoms with Crippen LogP contribution in [0.2, 0.25) is 0 Å². The Kier molecular flexibility index (Phi) is 5.70. The molecule has 1 amide bonds. The Bertz CT molecular complexity index is 712. The third-order valence-corrected chi connectivity index (χ3v) is 3.86. The Morgan fingerprint density at radius 1 is 1.30 bits per heavy atom. The van der Waals surface area contributed by atoms with Gasteiger partial charge in [0.05, 0.1) is 19.2 Å². The van der Waals surface area contributed by atoms with Gasteiger partial charge in [0.1, 0.15) is 5.75 Å². The second-order valence-corrected chi connectivity index (χ2v) is 5.86. The van der Waals surface area contributed by atoms with Crippen LogP contribution in [0.3, 0.4) is 0 Å². The Labute approximate surface area is 138 Å². The van der Waals surface area contributed by atoms with Crippen LogP contribution in [-0.2, 0) is 20.7 Å². The number of benzene rings is 1. The van der Waals surface area contributed by atoms with E-state index in [1.54, 1.807) is 5.38 Å². The van der Waals surface area contributed by atoms with Crippen molar-refractivity contribution in [1.82, 2.24) is 4.98 Å². The van der Waals surface area contributed by atoms with Crippen LogP contribution in [0.4, 0.5) is 5.13 Å². The maximum atomic E-state index is 11.9. The first-order valence-electron chi connectivity index (χ1n) is 6.99. The number of nitrogens with one attached hydrogen (secondary N) is 1. The smallest absolute Gasteiger partial charge is 0.311 e. The zero-order chi connectivity index (χ0) is 16.8. The van der Waals surface area contributed by atoms with Crippen LogP contribution in [0.5, 0.6) is 5.75 Å². The predicted molar refractivity (Wildman–Crippen MR) is 87.9 cm³/mol. The molecule has 0 saturated heterocycles. The second-order valence-electron chi connectivity index (χ2n) is 5.00. The lowest BCUT2D eigenvalue weighted by molar-refractivity contribution is -0.139. The molecule has 0 bridgehead atoms. The molecular weight excluding hydrogens is 316 g/mol. The minimum absolute atomic E-state index is 0.0852. The molecular formula is C16H18N2O4S. The van der Waals surface area contributed by atoms with E-state index in [1.165, 1.54) is 18.4 Å². The summed E-state index contributed by atoms with van der Waals surface area (Å²) in [6.07, 6.45) is 0.0852. The molecule has 0 aliphatic heterocycles. The first-order valence-corrected chi connectivity index (χ1v) is 7.87. The zero-order valence-corrected chi connectivity index (χ0v) is 14.0. The van der Waals surface area contributed by atoms with Gasteiger partial charge in [-0.3, -0.25) is 14.9 Å². The third kappa shape index (κ3) is 5.07. The van der Waals surface area contributed by atoms with Gasteiger partial charge in [-0.25, -0.2) is 4.98 Å². The van der Waals surface area contributed by atoms with Crippen molar-refractivity contribution in [1.29, 1.82) is 0 Å². The van der Waals surface area contributed by atoms with Crippen LogP contribution in [-0.4, -0.2) is 30.6 Å². The highest BCUT2D eigenvalue weighted by Gasteiger charge is 2.11. The monoisotopic (exact) mass is 334 g/mol. The van der Waals surface area contributed by atoms with Crippen LogP contribution in [0.25, 0.3) is 0 Å². The summed E-state index contributed by atoms with van der Waals surface area (Å²) in [6.45, 7) is 3.79. The van der Waals surface area contributed by atoms with Gasteiger partial charge in [0, 0.05) is 5.38 Å². The number of carbonyl (C=O) groups is 2. The first kappa shape index (κ1) is 17.0. The molecule has 2 aromatic rings. The third-order valence-electron chi connectivity index (χ3n) is 3.05. The molecule has 0 spiro atoms. The van der Waals surface area contributed by atoms with Gasteiger partial charge in [0.25, 0.3) is 5.91 Å². The summed E-state index contributed by atoms with van der Waals surface area (Å²) >= 11 is 1.25. The molecule has 6 nitrogen and oxygen atoms in total. The van der Waals surface area contributed by atoms with E-state index in [4.69, 9.17) is 4.74 Å². The highest BCUT2D eigenvalue weighted by atomic mass is 32.1. The molecule has 1 aromatic heterocycles. The SMILES string of the molecule is COC(=O)Cc1csc(NC(=O)COc2cc(C)ccc2C)n1. The molecule has 23 heavy (non-hydrogen) atoms. The normalized spacial score (nSPS) is 10.2. The van der Waals surface area contributed by atoms with Crippen molar-refractivity contribution < 1.29 is 19.1 Å². The van der Waals surface area contributed by atoms with Gasteiger partial charge in [-0.05, 0) is 31.0 Å². The minimum atomic E-state index is -0.369. The number of methoxy groups -OCH3 is 1. The highest BCUT2D eigenvalue weighted by molar-refractivity contribution is 7.13. The summed E-state index contributed by atoms with van der Waals surface area (Å²) in [5.74, 6) is 0.0157. The summed E-state index contributed by atoms with van der Waals surface area (Å²) < 4.78 is 10.1. The summed E-state index contributed by atoms with van der Waals surface area (Å²) in [6, 6.07) is 5.82. The standard InChI is InChI=1S/C16H18N2O4S/c1-10-4-5-11(2)13(6-10)22-8-14(19)18-16-17-12(9-23-16)7-15(20)21-3/h4-6,9H,7-8H2,1-3H3,(H,17,18,19). The second kappa shape index (κ2) is 7.73. The summed E-state index contributed by atoms with van der Waals surface area (Å²) in [4.78, 5) is 27.2. The molecule has 122 valence electrons. The van der Waals surface area contributed by atoms with Gasteiger partial charge in [-0.1, -0.05) is 12.1 Å². The molecule has 1 aromatic carbocycles. The minimum Gasteiger partial charge on any atom is -0.483 e. The van der Waals surface area contributed by atoms with E-state index >= 15 is 0 Å². The Morgan fingerprint density at radius 2 is 2.09 bits per heavy atom. The van der Waals surface area contributed by atoms with Crippen LogP contribution < -0.4 is 10.1 Å². The van der Waals surface area contributed by atoms with Crippen molar-refractivity contribution >= 4 is 28.3 Å². The molecule has 0 fully saturated rings. The lowest BCUT2D eigenvalue weighted by Gasteiger charge is -2.09. The van der Waals surface area contributed by atoms with Crippen LogP contribution in [0.1, 0.15) is 16.8 Å². The van der Waals surface area contributed by atoms with E-state index in [0.717, 1.165) is 11.1 Å². The topological polar surface area (TPSA) is 77.5 Å². The molecule has 0 unspecified atom stereocenters. The fourth-order valence-corrected chi connectivity index (χ4v) is 2.55. The summed E-state index contributed by atoms with van der Waals surface area (Å²) in [5.41, 5.74) is 2.60. The van der Waals surface area contributed by atoms with Gasteiger partial charge in [-0.2, -0.15) is 0 Å². The number of esters is 1. The number of anilines is 1. The molecule has 1 N–H and O–H groups in total. The molecule has 0 aliphatic rings. The van der Waals surface area contributed by atoms with Crippen molar-refractivity contribution in [2.75, 3.05) is 19.0 Å². The van der Waals surface area contributed by atoms with Gasteiger partial charge in [0.15, 0.2) is 11.7 Å². The van der Waals surface area contributed by atoms with E-state index in [-0.39, 0.29) is 24.9 Å². The maximum Gasteiger partial charge on any atom is 0.311 e. The lowest BCUT2D eigenvalue weighted by atomic mass is 10.1. The number of rotatable bonds is 6. The average Bonchev–Trinajstić information content (AvgIpc) is 2.95. The van der Waals surface area contributed by atoms with E-state index in [0.29, 0.717) is 16.6 Å². The van der Waals surface area contributed by atoms with E-state index < -0.39 is 0 Å². The fraction of sp³-hybridized carbons (Fsp3) is 0.312. The quantitative estimate of drug-likeness (QED) is 0.821. The number of nitrogens with zero attached hydrogens (tertiary/aromatic N) is 1. The van der Waals surface area contributed by atoms with E-state index in [2.05, 4.69) is 15.0 Å². The van der Waals surface area contributed by atoms with Crippen LogP contribution >= 0.6 is 11.3 Å². The number of hydrogen-bond acceptors (Lipinski definition) is 6. The molecule has 0 saturated carbocycles. The zero-order valence-electron chi connectivity index (χ0n) is 13.2. The summed E-state index contributed by atoms with van der Waals surface area (Å²) in [7, 11) is 1.32. The number of carbonyl (C=O) groups excluding carboxylic acids is 2. The maximum absolute atomic E-state index is 11.9. The van der Waals surface area contributed by atoms with Crippen molar-refractivity contribution in [3.8, 4) is 5.75 Å². The highest BCUT2D eigenvalue weighted by Crippen LogP contribution is 2.19. The van der Waals surface area contributed by atoms with Gasteiger partial charge in [-0.15, -0.1) is 11.3 Å². The first-order chi connectivity index (χ1) is 11.0. The molecule has 0 aliphatic carbocycles.